The van der Waals surface area contributed by atoms with Crippen LogP contribution in [0.3, 0.4) is 0 Å². The highest BCUT2D eigenvalue weighted by Crippen LogP contribution is 2.30. The van der Waals surface area contributed by atoms with Gasteiger partial charge in [-0.2, -0.15) is 0 Å². The molecule has 17 heavy (non-hydrogen) atoms. The second kappa shape index (κ2) is 4.76. The van der Waals surface area contributed by atoms with Gasteiger partial charge in [-0.15, -0.1) is 5.10 Å². The summed E-state index contributed by atoms with van der Waals surface area (Å²) >= 11 is 9.21. The van der Waals surface area contributed by atoms with E-state index in [4.69, 9.17) is 11.6 Å². The molecule has 0 aliphatic rings. The zero-order valence-corrected chi connectivity index (χ0v) is 11.7. The average molecular weight is 317 g/mol. The number of hydrogen-bond donors (Lipinski definition) is 1. The molecule has 1 unspecified atom stereocenters. The fourth-order valence-corrected chi connectivity index (χ4v) is 2.41. The van der Waals surface area contributed by atoms with Crippen LogP contribution in [0.4, 0.5) is 0 Å². The third-order valence-electron chi connectivity index (χ3n) is 2.62. The van der Waals surface area contributed by atoms with Crippen LogP contribution in [0.1, 0.15) is 22.9 Å². The topological polar surface area (TPSA) is 50.9 Å². The van der Waals surface area contributed by atoms with Crippen LogP contribution in [-0.4, -0.2) is 20.1 Å². The molecular formula is C11H11BrClN3O. The number of benzene rings is 1. The smallest absolute Gasteiger partial charge is 0.154 e. The first-order chi connectivity index (χ1) is 8.00. The minimum atomic E-state index is -0.803. The van der Waals surface area contributed by atoms with Crippen molar-refractivity contribution < 1.29 is 5.11 Å². The molecule has 1 aromatic heterocycles. The lowest BCUT2D eigenvalue weighted by Gasteiger charge is -2.14. The standard InChI is InChI=1S/C11H11BrClN3O/c1-6-3-4-7(13)5-8(6)10(17)9-11(12)14-15-16(9)2/h3-5,10,17H,1-2H3. The molecule has 6 heteroatoms. The minimum absolute atomic E-state index is 0.534. The van der Waals surface area contributed by atoms with Crippen molar-refractivity contribution in [1.82, 2.24) is 15.0 Å². The summed E-state index contributed by atoms with van der Waals surface area (Å²) in [7, 11) is 1.73. The maximum absolute atomic E-state index is 10.4. The lowest BCUT2D eigenvalue weighted by atomic mass is 10.0. The Kier molecular flexibility index (Phi) is 3.51. The van der Waals surface area contributed by atoms with Gasteiger partial charge in [-0.1, -0.05) is 22.9 Å². The molecule has 2 rings (SSSR count). The van der Waals surface area contributed by atoms with Crippen molar-refractivity contribution in [2.45, 2.75) is 13.0 Å². The average Bonchev–Trinajstić information content (AvgIpc) is 2.61. The van der Waals surface area contributed by atoms with Crippen LogP contribution in [-0.2, 0) is 7.05 Å². The van der Waals surface area contributed by atoms with Crippen molar-refractivity contribution in [2.24, 2.45) is 7.05 Å². The van der Waals surface area contributed by atoms with Gasteiger partial charge in [-0.05, 0) is 46.1 Å². The molecule has 0 fully saturated rings. The summed E-state index contributed by atoms with van der Waals surface area (Å²) in [6.07, 6.45) is -0.803. The van der Waals surface area contributed by atoms with E-state index in [1.54, 1.807) is 19.2 Å². The third kappa shape index (κ3) is 2.36. The maximum atomic E-state index is 10.4. The summed E-state index contributed by atoms with van der Waals surface area (Å²) in [4.78, 5) is 0. The number of nitrogens with zero attached hydrogens (tertiary/aromatic N) is 3. The molecule has 1 N–H and O–H groups in total. The van der Waals surface area contributed by atoms with Gasteiger partial charge in [0.25, 0.3) is 0 Å². The molecule has 4 nitrogen and oxygen atoms in total. The van der Waals surface area contributed by atoms with Crippen LogP contribution in [0.25, 0.3) is 0 Å². The highest BCUT2D eigenvalue weighted by atomic mass is 79.9. The summed E-state index contributed by atoms with van der Waals surface area (Å²) in [5.41, 5.74) is 2.33. The predicted molar refractivity (Wildman–Crippen MR) is 69.0 cm³/mol. The van der Waals surface area contributed by atoms with Crippen molar-refractivity contribution in [3.8, 4) is 0 Å². The molecule has 0 amide bonds. The molecule has 1 heterocycles. The number of aromatic nitrogens is 3. The van der Waals surface area contributed by atoms with Gasteiger partial charge in [0.2, 0.25) is 0 Å². The van der Waals surface area contributed by atoms with Crippen LogP contribution < -0.4 is 0 Å². The second-order valence-corrected chi connectivity index (χ2v) is 4.98. The fourth-order valence-electron chi connectivity index (χ4n) is 1.68. The molecule has 90 valence electrons. The minimum Gasteiger partial charge on any atom is -0.382 e. The molecule has 0 radical (unpaired) electrons. The maximum Gasteiger partial charge on any atom is 0.154 e. The Bertz CT molecular complexity index is 536. The summed E-state index contributed by atoms with van der Waals surface area (Å²) in [5, 5.41) is 18.6. The van der Waals surface area contributed by atoms with E-state index < -0.39 is 6.10 Å². The van der Waals surface area contributed by atoms with Gasteiger partial charge in [0.15, 0.2) is 4.60 Å². The monoisotopic (exact) mass is 315 g/mol. The molecule has 0 saturated heterocycles. The van der Waals surface area contributed by atoms with Gasteiger partial charge in [0, 0.05) is 12.1 Å². The van der Waals surface area contributed by atoms with E-state index in [0.717, 1.165) is 11.1 Å². The Morgan fingerprint density at radius 2 is 2.18 bits per heavy atom. The third-order valence-corrected chi connectivity index (χ3v) is 3.42. The van der Waals surface area contributed by atoms with E-state index in [2.05, 4.69) is 26.2 Å². The van der Waals surface area contributed by atoms with Gasteiger partial charge >= 0.3 is 0 Å². The molecule has 0 aliphatic heterocycles. The Balaban J connectivity index is 2.50. The Morgan fingerprint density at radius 3 is 2.76 bits per heavy atom. The first-order valence-electron chi connectivity index (χ1n) is 5.00. The van der Waals surface area contributed by atoms with Gasteiger partial charge in [0.05, 0.1) is 0 Å². The van der Waals surface area contributed by atoms with Crippen molar-refractivity contribution in [2.75, 3.05) is 0 Å². The van der Waals surface area contributed by atoms with Crippen molar-refractivity contribution >= 4 is 27.5 Å². The number of aliphatic hydroxyl groups excluding tert-OH is 1. The van der Waals surface area contributed by atoms with E-state index >= 15 is 0 Å². The Labute approximate surface area is 112 Å². The van der Waals surface area contributed by atoms with E-state index in [0.29, 0.717) is 15.3 Å². The van der Waals surface area contributed by atoms with Crippen molar-refractivity contribution in [1.29, 1.82) is 0 Å². The number of aryl methyl sites for hydroxylation is 2. The van der Waals surface area contributed by atoms with Crippen molar-refractivity contribution in [3.05, 3.63) is 44.6 Å². The van der Waals surface area contributed by atoms with Crippen LogP contribution in [0.5, 0.6) is 0 Å². The quantitative estimate of drug-likeness (QED) is 0.926. The normalized spacial score (nSPS) is 12.8. The van der Waals surface area contributed by atoms with Crippen LogP contribution >= 0.6 is 27.5 Å². The summed E-state index contributed by atoms with van der Waals surface area (Å²) in [5.74, 6) is 0. The molecule has 0 aliphatic carbocycles. The van der Waals surface area contributed by atoms with Gasteiger partial charge < -0.3 is 5.11 Å². The van der Waals surface area contributed by atoms with E-state index in [9.17, 15) is 5.11 Å². The van der Waals surface area contributed by atoms with E-state index in [-0.39, 0.29) is 0 Å². The van der Waals surface area contributed by atoms with Gasteiger partial charge in [-0.25, -0.2) is 4.68 Å². The number of halogens is 2. The zero-order valence-electron chi connectivity index (χ0n) is 9.35. The molecule has 2 aromatic rings. The number of rotatable bonds is 2. The second-order valence-electron chi connectivity index (χ2n) is 3.79. The highest BCUT2D eigenvalue weighted by Gasteiger charge is 2.21. The largest absolute Gasteiger partial charge is 0.382 e. The first-order valence-corrected chi connectivity index (χ1v) is 6.17. The number of aliphatic hydroxyl groups is 1. The fraction of sp³-hybridized carbons (Fsp3) is 0.273. The molecule has 1 atom stereocenters. The lowest BCUT2D eigenvalue weighted by molar-refractivity contribution is 0.208. The van der Waals surface area contributed by atoms with Gasteiger partial charge in [0.1, 0.15) is 11.8 Å². The molecule has 0 saturated carbocycles. The van der Waals surface area contributed by atoms with E-state index in [1.807, 2.05) is 13.0 Å². The molecule has 0 bridgehead atoms. The summed E-state index contributed by atoms with van der Waals surface area (Å²) in [6.45, 7) is 1.92. The van der Waals surface area contributed by atoms with Crippen LogP contribution in [0.2, 0.25) is 5.02 Å². The Hall–Kier alpha value is -0.910. The predicted octanol–water partition coefficient (Wildman–Crippen LogP) is 2.62. The summed E-state index contributed by atoms with van der Waals surface area (Å²) < 4.78 is 2.07. The van der Waals surface area contributed by atoms with E-state index in [1.165, 1.54) is 4.68 Å². The lowest BCUT2D eigenvalue weighted by Crippen LogP contribution is -2.08. The number of hydrogen-bond acceptors (Lipinski definition) is 3. The van der Waals surface area contributed by atoms with Crippen molar-refractivity contribution in [3.63, 3.8) is 0 Å². The van der Waals surface area contributed by atoms with Crippen LogP contribution in [0.15, 0.2) is 22.8 Å². The zero-order chi connectivity index (χ0) is 12.6. The van der Waals surface area contributed by atoms with Crippen LogP contribution in [0, 0.1) is 6.92 Å². The SMILES string of the molecule is Cc1ccc(Cl)cc1C(O)c1c(Br)nnn1C. The van der Waals surface area contributed by atoms with Gasteiger partial charge in [-0.3, -0.25) is 0 Å². The summed E-state index contributed by atoms with van der Waals surface area (Å²) in [6, 6.07) is 5.42. The first kappa shape index (κ1) is 12.5. The highest BCUT2D eigenvalue weighted by molar-refractivity contribution is 9.10. The molecule has 1 aromatic carbocycles. The Morgan fingerprint density at radius 1 is 1.47 bits per heavy atom. The molecular weight excluding hydrogens is 305 g/mol. The molecule has 0 spiro atoms.